The highest BCUT2D eigenvalue weighted by Crippen LogP contribution is 2.18. The Kier molecular flexibility index (Phi) is 5.33. The van der Waals surface area contributed by atoms with Crippen molar-refractivity contribution in [1.82, 2.24) is 9.88 Å². The number of pyridine rings is 1. The predicted molar refractivity (Wildman–Crippen MR) is 78.9 cm³/mol. The predicted octanol–water partition coefficient (Wildman–Crippen LogP) is 1.22. The first-order valence-electron chi connectivity index (χ1n) is 6.58. The molecular weight excluding hydrogens is 258 g/mol. The van der Waals surface area contributed by atoms with Crippen molar-refractivity contribution in [2.24, 2.45) is 12.5 Å². The average Bonchev–Trinajstić information content (AvgIpc) is 2.34. The second-order valence-corrected chi connectivity index (χ2v) is 5.76. The quantitative estimate of drug-likeness (QED) is 0.759. The molecule has 0 spiro atoms. The van der Waals surface area contributed by atoms with Crippen LogP contribution in [-0.4, -0.2) is 28.9 Å². The van der Waals surface area contributed by atoms with Gasteiger partial charge in [0.25, 0.3) is 5.56 Å². The number of carbonyl (C=O) groups is 1. The molecule has 2 amide bonds. The van der Waals surface area contributed by atoms with Crippen LogP contribution in [0.2, 0.25) is 0 Å². The van der Waals surface area contributed by atoms with Gasteiger partial charge in [-0.2, -0.15) is 0 Å². The molecule has 0 saturated heterocycles. The lowest BCUT2D eigenvalue weighted by molar-refractivity contribution is 0.204. The van der Waals surface area contributed by atoms with Gasteiger partial charge in [-0.1, -0.05) is 13.8 Å². The second kappa shape index (κ2) is 6.56. The molecule has 1 rings (SSSR count). The van der Waals surface area contributed by atoms with E-state index >= 15 is 0 Å². The maximum absolute atomic E-state index is 11.8. The minimum Gasteiger partial charge on any atom is -0.396 e. The van der Waals surface area contributed by atoms with Crippen molar-refractivity contribution in [3.63, 3.8) is 0 Å². The molecule has 6 nitrogen and oxygen atoms in total. The van der Waals surface area contributed by atoms with Crippen molar-refractivity contribution in [3.05, 3.63) is 28.2 Å². The van der Waals surface area contributed by atoms with E-state index in [0.29, 0.717) is 18.7 Å². The maximum Gasteiger partial charge on any atom is 0.319 e. The van der Waals surface area contributed by atoms with E-state index in [4.69, 9.17) is 5.11 Å². The lowest BCUT2D eigenvalue weighted by Gasteiger charge is -2.24. The Morgan fingerprint density at radius 2 is 2.10 bits per heavy atom. The standard InChI is InChI=1S/C14H23N3O3/c1-10-7-12(19)17(4)8-11(10)16-13(20)15-9-14(2,3)5-6-18/h7-8,18H,5-6,9H2,1-4H3,(H2,15,16,20). The van der Waals surface area contributed by atoms with Crippen LogP contribution in [-0.2, 0) is 7.05 Å². The van der Waals surface area contributed by atoms with Gasteiger partial charge in [0, 0.05) is 32.5 Å². The summed E-state index contributed by atoms with van der Waals surface area (Å²) in [6, 6.07) is 1.16. The molecule has 0 radical (unpaired) electrons. The summed E-state index contributed by atoms with van der Waals surface area (Å²) in [5, 5.41) is 14.4. The van der Waals surface area contributed by atoms with Crippen molar-refractivity contribution in [2.75, 3.05) is 18.5 Å². The van der Waals surface area contributed by atoms with Gasteiger partial charge in [-0.15, -0.1) is 0 Å². The highest BCUT2D eigenvalue weighted by Gasteiger charge is 2.18. The van der Waals surface area contributed by atoms with Gasteiger partial charge in [0.15, 0.2) is 0 Å². The molecule has 0 bridgehead atoms. The number of aromatic nitrogens is 1. The molecule has 0 saturated carbocycles. The molecule has 0 aliphatic rings. The molecule has 0 aliphatic carbocycles. The fourth-order valence-corrected chi connectivity index (χ4v) is 1.73. The topological polar surface area (TPSA) is 83.4 Å². The summed E-state index contributed by atoms with van der Waals surface area (Å²) in [6.07, 6.45) is 2.21. The zero-order valence-electron chi connectivity index (χ0n) is 12.5. The number of carbonyl (C=O) groups excluding carboxylic acids is 1. The number of rotatable bonds is 5. The Bertz CT molecular complexity index is 535. The molecule has 1 aromatic heterocycles. The highest BCUT2D eigenvalue weighted by atomic mass is 16.3. The number of anilines is 1. The van der Waals surface area contributed by atoms with Crippen molar-refractivity contribution in [1.29, 1.82) is 0 Å². The first-order valence-corrected chi connectivity index (χ1v) is 6.58. The summed E-state index contributed by atoms with van der Waals surface area (Å²) in [7, 11) is 1.63. The Balaban J connectivity index is 2.63. The van der Waals surface area contributed by atoms with E-state index in [9.17, 15) is 9.59 Å². The van der Waals surface area contributed by atoms with E-state index in [1.54, 1.807) is 20.2 Å². The van der Waals surface area contributed by atoms with Gasteiger partial charge >= 0.3 is 6.03 Å². The summed E-state index contributed by atoms with van der Waals surface area (Å²) in [5.41, 5.74) is 1.05. The Labute approximate surface area is 118 Å². The maximum atomic E-state index is 11.8. The SMILES string of the molecule is Cc1cc(=O)n(C)cc1NC(=O)NCC(C)(C)CCO. The van der Waals surface area contributed by atoms with Gasteiger partial charge in [-0.05, 0) is 24.3 Å². The fourth-order valence-electron chi connectivity index (χ4n) is 1.73. The smallest absolute Gasteiger partial charge is 0.319 e. The van der Waals surface area contributed by atoms with E-state index < -0.39 is 0 Å². The van der Waals surface area contributed by atoms with E-state index in [-0.39, 0.29) is 23.6 Å². The molecule has 0 aliphatic heterocycles. The van der Waals surface area contributed by atoms with Crippen LogP contribution < -0.4 is 16.2 Å². The third-order valence-corrected chi connectivity index (χ3v) is 3.20. The molecule has 20 heavy (non-hydrogen) atoms. The van der Waals surface area contributed by atoms with E-state index in [1.165, 1.54) is 10.6 Å². The number of aliphatic hydroxyl groups excluding tert-OH is 1. The number of aliphatic hydroxyl groups is 1. The van der Waals surface area contributed by atoms with Crippen molar-refractivity contribution >= 4 is 11.7 Å². The van der Waals surface area contributed by atoms with Crippen LogP contribution in [0.5, 0.6) is 0 Å². The lowest BCUT2D eigenvalue weighted by Crippen LogP contribution is -2.37. The molecule has 0 aromatic carbocycles. The molecule has 0 atom stereocenters. The molecular formula is C14H23N3O3. The molecule has 0 unspecified atom stereocenters. The zero-order chi connectivity index (χ0) is 15.3. The van der Waals surface area contributed by atoms with Gasteiger partial charge in [-0.25, -0.2) is 4.79 Å². The summed E-state index contributed by atoms with van der Waals surface area (Å²) < 4.78 is 1.41. The van der Waals surface area contributed by atoms with Crippen LogP contribution in [0.4, 0.5) is 10.5 Å². The van der Waals surface area contributed by atoms with E-state index in [1.807, 2.05) is 13.8 Å². The molecule has 3 N–H and O–H groups in total. The second-order valence-electron chi connectivity index (χ2n) is 5.76. The van der Waals surface area contributed by atoms with Crippen LogP contribution in [0.3, 0.4) is 0 Å². The third-order valence-electron chi connectivity index (χ3n) is 3.20. The van der Waals surface area contributed by atoms with E-state index in [0.717, 1.165) is 5.56 Å². The molecule has 1 aromatic rings. The third kappa shape index (κ3) is 4.70. The first kappa shape index (κ1) is 16.2. The Hall–Kier alpha value is -1.82. The number of hydrogen-bond acceptors (Lipinski definition) is 3. The van der Waals surface area contributed by atoms with Gasteiger partial charge in [0.05, 0.1) is 5.69 Å². The molecule has 112 valence electrons. The molecule has 6 heteroatoms. The molecule has 1 heterocycles. The first-order chi connectivity index (χ1) is 9.25. The normalized spacial score (nSPS) is 11.2. The minimum absolute atomic E-state index is 0.0935. The van der Waals surface area contributed by atoms with Crippen molar-refractivity contribution in [3.8, 4) is 0 Å². The van der Waals surface area contributed by atoms with Crippen LogP contribution in [0.1, 0.15) is 25.8 Å². The summed E-state index contributed by atoms with van der Waals surface area (Å²) in [6.45, 7) is 6.27. The van der Waals surface area contributed by atoms with Crippen molar-refractivity contribution in [2.45, 2.75) is 27.2 Å². The number of urea groups is 1. The van der Waals surface area contributed by atoms with Crippen molar-refractivity contribution < 1.29 is 9.90 Å². The summed E-state index contributed by atoms with van der Waals surface area (Å²) >= 11 is 0. The average molecular weight is 281 g/mol. The highest BCUT2D eigenvalue weighted by molar-refractivity contribution is 5.89. The largest absolute Gasteiger partial charge is 0.396 e. The van der Waals surface area contributed by atoms with Crippen LogP contribution >= 0.6 is 0 Å². The van der Waals surface area contributed by atoms with Gasteiger partial charge in [-0.3, -0.25) is 4.79 Å². The van der Waals surface area contributed by atoms with Gasteiger partial charge in [0.1, 0.15) is 0 Å². The van der Waals surface area contributed by atoms with Gasteiger partial charge < -0.3 is 20.3 Å². The number of nitrogens with zero attached hydrogens (tertiary/aromatic N) is 1. The van der Waals surface area contributed by atoms with E-state index in [2.05, 4.69) is 10.6 Å². The minimum atomic E-state index is -0.322. The number of amides is 2. The summed E-state index contributed by atoms with van der Waals surface area (Å²) in [5.74, 6) is 0. The Morgan fingerprint density at radius 1 is 1.45 bits per heavy atom. The molecule has 0 fully saturated rings. The number of hydrogen-bond donors (Lipinski definition) is 3. The summed E-state index contributed by atoms with van der Waals surface area (Å²) in [4.78, 5) is 23.3. The Morgan fingerprint density at radius 3 is 2.70 bits per heavy atom. The number of aryl methyl sites for hydroxylation is 2. The zero-order valence-corrected chi connectivity index (χ0v) is 12.5. The lowest BCUT2D eigenvalue weighted by atomic mass is 9.90. The number of nitrogens with one attached hydrogen (secondary N) is 2. The fraction of sp³-hybridized carbons (Fsp3) is 0.571. The van der Waals surface area contributed by atoms with Crippen LogP contribution in [0.25, 0.3) is 0 Å². The van der Waals surface area contributed by atoms with Crippen LogP contribution in [0.15, 0.2) is 17.1 Å². The monoisotopic (exact) mass is 281 g/mol. The van der Waals surface area contributed by atoms with Gasteiger partial charge in [0.2, 0.25) is 0 Å². The van der Waals surface area contributed by atoms with Crippen LogP contribution in [0, 0.1) is 12.3 Å².